The van der Waals surface area contributed by atoms with E-state index in [1.165, 1.54) is 308 Å². The van der Waals surface area contributed by atoms with Crippen LogP contribution in [0.1, 0.15) is 386 Å². The van der Waals surface area contributed by atoms with Crippen LogP contribution in [0.3, 0.4) is 0 Å². The number of amides is 1. The van der Waals surface area contributed by atoms with E-state index in [4.69, 9.17) is 14.2 Å². The van der Waals surface area contributed by atoms with Crippen molar-refractivity contribution in [3.05, 3.63) is 24.3 Å². The molecule has 87 heavy (non-hydrogen) atoms. The molecule has 1 rings (SSSR count). The van der Waals surface area contributed by atoms with Crippen molar-refractivity contribution in [3.8, 4) is 0 Å². The van der Waals surface area contributed by atoms with E-state index in [0.717, 1.165) is 51.4 Å². The highest BCUT2D eigenvalue weighted by Gasteiger charge is 2.44. The SMILES string of the molecule is CCCCCCCCC/C=C/C(O)C(COC1OC(CO)C(O)C(O)C1O)NC(=O)CCCCCCCCCCCCCCCCCCC/C=C\CCCCCCCCCCCCCCCCOC(=O)CCCCCCCCCCCCCCCCC. The van der Waals surface area contributed by atoms with Crippen LogP contribution in [0.5, 0.6) is 0 Å². The summed E-state index contributed by atoms with van der Waals surface area (Å²) < 4.78 is 16.7. The average molecular weight is 1230 g/mol. The third kappa shape index (κ3) is 54.4. The summed E-state index contributed by atoms with van der Waals surface area (Å²) in [5.74, 6) is -0.161. The molecule has 0 aromatic rings. The molecule has 0 radical (unpaired) electrons. The number of rotatable bonds is 68. The van der Waals surface area contributed by atoms with Gasteiger partial charge in [-0.3, -0.25) is 9.59 Å². The van der Waals surface area contributed by atoms with Gasteiger partial charge in [0.05, 0.1) is 32.0 Å². The van der Waals surface area contributed by atoms with Crippen LogP contribution in [0.4, 0.5) is 0 Å². The predicted octanol–water partition coefficient (Wildman–Crippen LogP) is 20.0. The maximum Gasteiger partial charge on any atom is 0.305 e. The van der Waals surface area contributed by atoms with Crippen molar-refractivity contribution in [2.24, 2.45) is 0 Å². The van der Waals surface area contributed by atoms with Crippen LogP contribution in [0.15, 0.2) is 24.3 Å². The molecule has 1 heterocycles. The Labute approximate surface area is 537 Å². The Balaban J connectivity index is 1.87. The molecule has 7 atom stereocenters. The number of carbonyl (C=O) groups is 2. The fourth-order valence-electron chi connectivity index (χ4n) is 12.3. The van der Waals surface area contributed by atoms with Crippen molar-refractivity contribution in [2.75, 3.05) is 19.8 Å². The first-order valence-corrected chi connectivity index (χ1v) is 38.1. The second kappa shape index (κ2) is 65.6. The summed E-state index contributed by atoms with van der Waals surface area (Å²) in [4.78, 5) is 25.1. The molecule has 11 heteroatoms. The largest absolute Gasteiger partial charge is 0.466 e. The van der Waals surface area contributed by atoms with Crippen LogP contribution in [0.2, 0.25) is 0 Å². The van der Waals surface area contributed by atoms with Gasteiger partial charge >= 0.3 is 5.97 Å². The van der Waals surface area contributed by atoms with Gasteiger partial charge in [0.2, 0.25) is 5.91 Å². The molecule has 1 fully saturated rings. The van der Waals surface area contributed by atoms with Crippen molar-refractivity contribution in [1.29, 1.82) is 0 Å². The number of hydrogen-bond donors (Lipinski definition) is 6. The molecule has 11 nitrogen and oxygen atoms in total. The molecule has 0 saturated carbocycles. The lowest BCUT2D eigenvalue weighted by atomic mass is 9.99. The zero-order valence-electron chi connectivity index (χ0n) is 57.3. The van der Waals surface area contributed by atoms with Crippen LogP contribution in [0, 0.1) is 0 Å². The number of ether oxygens (including phenoxy) is 3. The number of nitrogens with one attached hydrogen (secondary N) is 1. The monoisotopic (exact) mass is 1230 g/mol. The maximum atomic E-state index is 13.0. The topological polar surface area (TPSA) is 175 Å². The van der Waals surface area contributed by atoms with E-state index in [1.54, 1.807) is 6.08 Å². The minimum absolute atomic E-state index is 0.0171. The molecule has 6 N–H and O–H groups in total. The van der Waals surface area contributed by atoms with Crippen molar-refractivity contribution in [2.45, 2.75) is 429 Å². The van der Waals surface area contributed by atoms with Crippen LogP contribution in [-0.2, 0) is 23.8 Å². The minimum Gasteiger partial charge on any atom is -0.466 e. The van der Waals surface area contributed by atoms with E-state index in [9.17, 15) is 35.1 Å². The fraction of sp³-hybridized carbons (Fsp3) is 0.921. The molecule has 514 valence electrons. The molecule has 1 amide bonds. The van der Waals surface area contributed by atoms with E-state index in [0.29, 0.717) is 19.4 Å². The molecular weight excluding hydrogens is 1090 g/mol. The van der Waals surface area contributed by atoms with Gasteiger partial charge < -0.3 is 45.1 Å². The molecule has 1 saturated heterocycles. The van der Waals surface area contributed by atoms with Gasteiger partial charge in [-0.05, 0) is 57.8 Å². The normalized spacial score (nSPS) is 17.9. The predicted molar refractivity (Wildman–Crippen MR) is 366 cm³/mol. The lowest BCUT2D eigenvalue weighted by Crippen LogP contribution is -2.60. The average Bonchev–Trinajstić information content (AvgIpc) is 2.79. The highest BCUT2D eigenvalue weighted by Crippen LogP contribution is 2.24. The van der Waals surface area contributed by atoms with Gasteiger partial charge in [-0.25, -0.2) is 0 Å². The van der Waals surface area contributed by atoms with Gasteiger partial charge in [0.1, 0.15) is 24.4 Å². The van der Waals surface area contributed by atoms with E-state index in [-0.39, 0.29) is 18.5 Å². The van der Waals surface area contributed by atoms with Gasteiger partial charge in [0.25, 0.3) is 0 Å². The summed E-state index contributed by atoms with van der Waals surface area (Å²) in [6, 6.07) is -0.805. The summed E-state index contributed by atoms with van der Waals surface area (Å²) in [5.41, 5.74) is 0. The molecular formula is C76H145NO10. The Hall–Kier alpha value is -1.86. The van der Waals surface area contributed by atoms with Gasteiger partial charge in [-0.1, -0.05) is 340 Å². The minimum atomic E-state index is -1.57. The molecule has 0 aromatic heterocycles. The van der Waals surface area contributed by atoms with Gasteiger partial charge in [-0.2, -0.15) is 0 Å². The second-order valence-corrected chi connectivity index (χ2v) is 26.7. The van der Waals surface area contributed by atoms with E-state index in [2.05, 4.69) is 31.3 Å². The van der Waals surface area contributed by atoms with Gasteiger partial charge in [0, 0.05) is 12.8 Å². The lowest BCUT2D eigenvalue weighted by molar-refractivity contribution is -0.302. The fourth-order valence-corrected chi connectivity index (χ4v) is 12.3. The summed E-state index contributed by atoms with van der Waals surface area (Å²) >= 11 is 0. The second-order valence-electron chi connectivity index (χ2n) is 26.7. The summed E-state index contributed by atoms with van der Waals surface area (Å²) in [7, 11) is 0. The summed E-state index contributed by atoms with van der Waals surface area (Å²) in [5, 5.41) is 54.3. The number of aliphatic hydroxyl groups is 5. The number of allylic oxidation sites excluding steroid dienone is 3. The molecule has 0 aromatic carbocycles. The maximum absolute atomic E-state index is 13.0. The number of unbranched alkanes of at least 4 members (excludes halogenated alkanes) is 52. The Morgan fingerprint density at radius 1 is 0.414 bits per heavy atom. The number of carbonyl (C=O) groups excluding carboxylic acids is 2. The first-order valence-electron chi connectivity index (χ1n) is 38.1. The Morgan fingerprint density at radius 3 is 1.10 bits per heavy atom. The van der Waals surface area contributed by atoms with Crippen molar-refractivity contribution >= 4 is 11.9 Å². The number of aliphatic hydroxyl groups excluding tert-OH is 5. The Kier molecular flexibility index (Phi) is 62.7. The standard InChI is InChI=1S/C76H145NO10/c1-3-5-7-9-11-13-14-15-37-41-44-48-52-56-60-64-72(81)85-65-61-57-53-49-45-42-39-36-34-32-30-28-26-24-22-20-18-16-17-19-21-23-25-27-29-31-33-35-38-40-43-47-51-55-59-63-71(80)77-68(69(79)62-58-54-50-46-12-10-8-6-4-2)67-86-76-75(84)74(83)73(82)70(66-78)87-76/h18,20,58,62,68-70,73-76,78-79,82-84H,3-17,19,21-57,59-61,63-67H2,1-2H3,(H,77,80)/b20-18-,62-58+. The van der Waals surface area contributed by atoms with Crippen molar-refractivity contribution in [3.63, 3.8) is 0 Å². The highest BCUT2D eigenvalue weighted by molar-refractivity contribution is 5.76. The number of esters is 1. The Morgan fingerprint density at radius 2 is 0.736 bits per heavy atom. The Bertz CT molecular complexity index is 1490. The summed E-state index contributed by atoms with van der Waals surface area (Å²) in [6.07, 6.45) is 73.6. The molecule has 7 unspecified atom stereocenters. The zero-order valence-corrected chi connectivity index (χ0v) is 57.3. The molecule has 0 aliphatic carbocycles. The zero-order chi connectivity index (χ0) is 63.0. The van der Waals surface area contributed by atoms with Crippen LogP contribution in [0.25, 0.3) is 0 Å². The molecule has 0 bridgehead atoms. The smallest absolute Gasteiger partial charge is 0.305 e. The molecule has 0 spiro atoms. The first-order chi connectivity index (χ1) is 42.7. The highest BCUT2D eigenvalue weighted by atomic mass is 16.7. The van der Waals surface area contributed by atoms with Crippen LogP contribution in [-0.4, -0.2) is 100 Å². The summed E-state index contributed by atoms with van der Waals surface area (Å²) in [6.45, 7) is 4.37. The van der Waals surface area contributed by atoms with E-state index >= 15 is 0 Å². The third-order valence-corrected chi connectivity index (χ3v) is 18.3. The van der Waals surface area contributed by atoms with Gasteiger partial charge in [-0.15, -0.1) is 0 Å². The van der Waals surface area contributed by atoms with E-state index < -0.39 is 49.5 Å². The lowest BCUT2D eigenvalue weighted by Gasteiger charge is -2.40. The van der Waals surface area contributed by atoms with Crippen molar-refractivity contribution in [1.82, 2.24) is 5.32 Å². The first kappa shape index (κ1) is 83.2. The van der Waals surface area contributed by atoms with E-state index in [1.807, 2.05) is 6.08 Å². The van der Waals surface area contributed by atoms with Gasteiger partial charge in [0.15, 0.2) is 6.29 Å². The van der Waals surface area contributed by atoms with Crippen LogP contribution < -0.4 is 5.32 Å². The quantitative estimate of drug-likeness (QED) is 0.0195. The third-order valence-electron chi connectivity index (χ3n) is 18.3. The molecule has 1 aliphatic heterocycles. The molecule has 1 aliphatic rings. The van der Waals surface area contributed by atoms with Crippen molar-refractivity contribution < 1.29 is 49.3 Å². The number of hydrogen-bond acceptors (Lipinski definition) is 10. The van der Waals surface area contributed by atoms with Crippen LogP contribution >= 0.6 is 0 Å².